The first kappa shape index (κ1) is 15.3. The first-order chi connectivity index (χ1) is 8.40. The molecule has 0 amide bonds. The minimum absolute atomic E-state index is 0.338. The standard InChI is InChI=1S/C13H16ClFO2S/c1-13(2,12(16)17-3)18-11-8-9(6-7-14)4-5-10(11)15/h4-5,8H,6-7H2,1-3H3. The van der Waals surface area contributed by atoms with E-state index in [1.54, 1.807) is 26.0 Å². The van der Waals surface area contributed by atoms with Crippen molar-refractivity contribution in [2.24, 2.45) is 0 Å². The summed E-state index contributed by atoms with van der Waals surface area (Å²) in [7, 11) is 1.32. The average molecular weight is 291 g/mol. The third-order valence-corrected chi connectivity index (χ3v) is 3.82. The fourth-order valence-corrected chi connectivity index (χ4v) is 2.76. The number of hydrogen-bond acceptors (Lipinski definition) is 3. The fourth-order valence-electron chi connectivity index (χ4n) is 1.45. The van der Waals surface area contributed by atoms with E-state index in [1.807, 2.05) is 0 Å². The molecule has 1 aromatic rings. The van der Waals surface area contributed by atoms with Gasteiger partial charge in [-0.15, -0.1) is 23.4 Å². The lowest BCUT2D eigenvalue weighted by Gasteiger charge is -2.21. The largest absolute Gasteiger partial charge is 0.468 e. The lowest BCUT2D eigenvalue weighted by atomic mass is 10.2. The van der Waals surface area contributed by atoms with E-state index in [2.05, 4.69) is 0 Å². The lowest BCUT2D eigenvalue weighted by Crippen LogP contribution is -2.29. The van der Waals surface area contributed by atoms with Gasteiger partial charge < -0.3 is 4.74 Å². The monoisotopic (exact) mass is 290 g/mol. The second-order valence-corrected chi connectivity index (χ2v) is 6.35. The van der Waals surface area contributed by atoms with Crippen molar-refractivity contribution < 1.29 is 13.9 Å². The van der Waals surface area contributed by atoms with Gasteiger partial charge in [0.05, 0.1) is 7.11 Å². The molecule has 0 N–H and O–H groups in total. The summed E-state index contributed by atoms with van der Waals surface area (Å²) in [4.78, 5) is 12.0. The highest BCUT2D eigenvalue weighted by atomic mass is 35.5. The molecule has 0 saturated carbocycles. The maximum Gasteiger partial charge on any atom is 0.321 e. The predicted octanol–water partition coefficient (Wildman–Crippen LogP) is 3.65. The number of alkyl halides is 1. The molecule has 0 fully saturated rings. The van der Waals surface area contributed by atoms with E-state index in [1.165, 1.54) is 13.2 Å². The molecule has 0 bridgehead atoms. The Morgan fingerprint density at radius 1 is 1.50 bits per heavy atom. The number of halogens is 2. The summed E-state index contributed by atoms with van der Waals surface area (Å²) in [6.45, 7) is 3.41. The van der Waals surface area contributed by atoms with Gasteiger partial charge in [0, 0.05) is 10.8 Å². The van der Waals surface area contributed by atoms with Crippen molar-refractivity contribution in [3.05, 3.63) is 29.6 Å². The van der Waals surface area contributed by atoms with E-state index < -0.39 is 4.75 Å². The van der Waals surface area contributed by atoms with Gasteiger partial charge in [-0.25, -0.2) is 4.39 Å². The van der Waals surface area contributed by atoms with Crippen LogP contribution in [-0.2, 0) is 16.0 Å². The van der Waals surface area contributed by atoms with Crippen LogP contribution in [0.4, 0.5) is 4.39 Å². The van der Waals surface area contributed by atoms with Crippen molar-refractivity contribution in [1.29, 1.82) is 0 Å². The summed E-state index contributed by atoms with van der Waals surface area (Å²) < 4.78 is 17.6. The number of rotatable bonds is 5. The van der Waals surface area contributed by atoms with Gasteiger partial charge in [-0.05, 0) is 38.0 Å². The van der Waals surface area contributed by atoms with Crippen LogP contribution in [0.2, 0.25) is 0 Å². The van der Waals surface area contributed by atoms with E-state index in [-0.39, 0.29) is 11.8 Å². The third kappa shape index (κ3) is 3.89. The first-order valence-corrected chi connectivity index (χ1v) is 6.87. The number of esters is 1. The Morgan fingerprint density at radius 2 is 2.17 bits per heavy atom. The van der Waals surface area contributed by atoms with E-state index in [0.29, 0.717) is 17.2 Å². The van der Waals surface area contributed by atoms with Crippen LogP contribution in [0.5, 0.6) is 0 Å². The number of benzene rings is 1. The summed E-state index contributed by atoms with van der Waals surface area (Å²) in [5.74, 6) is -0.235. The van der Waals surface area contributed by atoms with E-state index >= 15 is 0 Å². The van der Waals surface area contributed by atoms with Crippen molar-refractivity contribution in [1.82, 2.24) is 0 Å². The molecule has 1 aromatic carbocycles. The normalized spacial score (nSPS) is 11.4. The van der Waals surface area contributed by atoms with Crippen molar-refractivity contribution in [2.75, 3.05) is 13.0 Å². The molecule has 100 valence electrons. The predicted molar refractivity (Wildman–Crippen MR) is 72.8 cm³/mol. The molecule has 18 heavy (non-hydrogen) atoms. The Kier molecular flexibility index (Phi) is 5.47. The fraction of sp³-hybridized carbons (Fsp3) is 0.462. The molecule has 0 aromatic heterocycles. The summed E-state index contributed by atoms with van der Waals surface area (Å²) in [5, 5.41) is 0. The van der Waals surface area contributed by atoms with E-state index in [0.717, 1.165) is 17.3 Å². The molecule has 2 nitrogen and oxygen atoms in total. The smallest absolute Gasteiger partial charge is 0.321 e. The summed E-state index contributed by atoms with van der Waals surface area (Å²) in [5.41, 5.74) is 0.953. The number of thioether (sulfide) groups is 1. The summed E-state index contributed by atoms with van der Waals surface area (Å²) in [6.07, 6.45) is 0.675. The van der Waals surface area contributed by atoms with Crippen molar-refractivity contribution in [3.8, 4) is 0 Å². The Balaban J connectivity index is 2.95. The molecule has 0 heterocycles. The topological polar surface area (TPSA) is 26.3 Å². The number of methoxy groups -OCH3 is 1. The maximum absolute atomic E-state index is 13.7. The molecule has 0 aliphatic heterocycles. The Morgan fingerprint density at radius 3 is 2.72 bits per heavy atom. The van der Waals surface area contributed by atoms with Crippen molar-refractivity contribution in [3.63, 3.8) is 0 Å². The number of hydrogen-bond donors (Lipinski definition) is 0. The van der Waals surface area contributed by atoms with E-state index in [4.69, 9.17) is 16.3 Å². The quantitative estimate of drug-likeness (QED) is 0.470. The minimum Gasteiger partial charge on any atom is -0.468 e. The summed E-state index contributed by atoms with van der Waals surface area (Å²) >= 11 is 6.81. The van der Waals surface area contributed by atoms with Crippen LogP contribution in [0.1, 0.15) is 19.4 Å². The van der Waals surface area contributed by atoms with Crippen molar-refractivity contribution >= 4 is 29.3 Å². The van der Waals surface area contributed by atoms with Gasteiger partial charge in [0.15, 0.2) is 0 Å². The second kappa shape index (κ2) is 6.43. The van der Waals surface area contributed by atoms with Crippen LogP contribution in [-0.4, -0.2) is 23.7 Å². The van der Waals surface area contributed by atoms with Gasteiger partial charge in [-0.1, -0.05) is 6.07 Å². The number of ether oxygens (including phenoxy) is 1. The zero-order valence-electron chi connectivity index (χ0n) is 10.6. The summed E-state index contributed by atoms with van der Waals surface area (Å²) in [6, 6.07) is 4.83. The molecule has 0 aliphatic carbocycles. The zero-order chi connectivity index (χ0) is 13.8. The molecule has 5 heteroatoms. The number of carbonyl (C=O) groups excluding carboxylic acids is 1. The average Bonchev–Trinajstić information content (AvgIpc) is 2.32. The van der Waals surface area contributed by atoms with Gasteiger partial charge in [0.2, 0.25) is 0 Å². The van der Waals surface area contributed by atoms with Crippen LogP contribution in [0, 0.1) is 5.82 Å². The Hall–Kier alpha value is -0.740. The highest BCUT2D eigenvalue weighted by Gasteiger charge is 2.31. The number of aryl methyl sites for hydroxylation is 1. The Labute approximate surface area is 116 Å². The minimum atomic E-state index is -0.824. The van der Waals surface area contributed by atoms with Gasteiger partial charge >= 0.3 is 5.97 Å². The molecule has 0 unspecified atom stereocenters. The first-order valence-electron chi connectivity index (χ1n) is 5.52. The van der Waals surface area contributed by atoms with E-state index in [9.17, 15) is 9.18 Å². The highest BCUT2D eigenvalue weighted by molar-refractivity contribution is 8.01. The molecule has 1 rings (SSSR count). The lowest BCUT2D eigenvalue weighted by molar-refractivity contribution is -0.142. The SMILES string of the molecule is COC(=O)C(C)(C)Sc1cc(CCCl)ccc1F. The zero-order valence-corrected chi connectivity index (χ0v) is 12.2. The van der Waals surface area contributed by atoms with Crippen LogP contribution in [0.15, 0.2) is 23.1 Å². The van der Waals surface area contributed by atoms with Gasteiger partial charge in [0.25, 0.3) is 0 Å². The molecular weight excluding hydrogens is 275 g/mol. The molecule has 0 aliphatic rings. The van der Waals surface area contributed by atoms with Gasteiger partial charge in [-0.3, -0.25) is 4.79 Å². The molecular formula is C13H16ClFO2S. The van der Waals surface area contributed by atoms with Gasteiger partial charge in [-0.2, -0.15) is 0 Å². The van der Waals surface area contributed by atoms with Crippen molar-refractivity contribution in [2.45, 2.75) is 29.9 Å². The third-order valence-electron chi connectivity index (χ3n) is 2.42. The van der Waals surface area contributed by atoms with Crippen LogP contribution < -0.4 is 0 Å². The van der Waals surface area contributed by atoms with Crippen LogP contribution >= 0.6 is 23.4 Å². The second-order valence-electron chi connectivity index (χ2n) is 4.31. The van der Waals surface area contributed by atoms with Crippen LogP contribution in [0.3, 0.4) is 0 Å². The van der Waals surface area contributed by atoms with Crippen LogP contribution in [0.25, 0.3) is 0 Å². The molecule has 0 spiro atoms. The van der Waals surface area contributed by atoms with Gasteiger partial charge in [0.1, 0.15) is 10.6 Å². The molecule has 0 radical (unpaired) electrons. The Bertz CT molecular complexity index is 435. The number of carbonyl (C=O) groups is 1. The molecule has 0 saturated heterocycles. The molecule has 0 atom stereocenters. The maximum atomic E-state index is 13.7. The highest BCUT2D eigenvalue weighted by Crippen LogP contribution is 2.35.